The summed E-state index contributed by atoms with van der Waals surface area (Å²) in [5, 5.41) is 9.35. The second-order valence-corrected chi connectivity index (χ2v) is 5.16. The van der Waals surface area contributed by atoms with Crippen LogP contribution in [0, 0.1) is 13.8 Å². The topological polar surface area (TPSA) is 20.2 Å². The van der Waals surface area contributed by atoms with Crippen LogP contribution in [-0.2, 0) is 5.41 Å². The minimum atomic E-state index is 0.0935. The third-order valence-corrected chi connectivity index (χ3v) is 4.46. The van der Waals surface area contributed by atoms with Crippen LogP contribution in [-0.4, -0.2) is 11.7 Å². The van der Waals surface area contributed by atoms with E-state index in [4.69, 9.17) is 0 Å². The number of hydrogen-bond acceptors (Lipinski definition) is 1. The third-order valence-electron chi connectivity index (χ3n) is 3.21. The maximum Gasteiger partial charge on any atom is 0.0527 e. The molecule has 0 heterocycles. The summed E-state index contributed by atoms with van der Waals surface area (Å²) in [4.78, 5) is 0. The molecule has 0 unspecified atom stereocenters. The summed E-state index contributed by atoms with van der Waals surface area (Å²) in [6.07, 6.45) is 2.26. The molecular weight excluding hydrogens is 240 g/mol. The van der Waals surface area contributed by atoms with Crippen molar-refractivity contribution in [2.24, 2.45) is 0 Å². The normalized spacial score (nSPS) is 18.3. The van der Waals surface area contributed by atoms with Gasteiger partial charge in [0.2, 0.25) is 0 Å². The summed E-state index contributed by atoms with van der Waals surface area (Å²) >= 11 is 3.56. The maximum atomic E-state index is 9.35. The Hall–Kier alpha value is -0.340. The van der Waals surface area contributed by atoms with Crippen molar-refractivity contribution >= 4 is 15.9 Å². The number of benzene rings is 1. The molecule has 2 heteroatoms. The lowest BCUT2D eigenvalue weighted by Gasteiger charge is -2.15. The Balaban J connectivity index is 2.46. The smallest absolute Gasteiger partial charge is 0.0527 e. The van der Waals surface area contributed by atoms with E-state index < -0.39 is 0 Å². The summed E-state index contributed by atoms with van der Waals surface area (Å²) in [5.74, 6) is 0. The molecule has 1 aliphatic carbocycles. The van der Waals surface area contributed by atoms with Gasteiger partial charge in [0.1, 0.15) is 0 Å². The van der Waals surface area contributed by atoms with Gasteiger partial charge in [0, 0.05) is 9.89 Å². The minimum absolute atomic E-state index is 0.0935. The van der Waals surface area contributed by atoms with Gasteiger partial charge < -0.3 is 5.11 Å². The summed E-state index contributed by atoms with van der Waals surface area (Å²) in [5.41, 5.74) is 3.92. The second-order valence-electron chi connectivity index (χ2n) is 4.36. The van der Waals surface area contributed by atoms with Gasteiger partial charge in [-0.15, -0.1) is 0 Å². The van der Waals surface area contributed by atoms with Crippen molar-refractivity contribution in [2.75, 3.05) is 6.61 Å². The Labute approximate surface area is 93.3 Å². The van der Waals surface area contributed by atoms with E-state index in [2.05, 4.69) is 41.9 Å². The van der Waals surface area contributed by atoms with Gasteiger partial charge in [-0.1, -0.05) is 28.1 Å². The zero-order valence-corrected chi connectivity index (χ0v) is 10.2. The Morgan fingerprint density at radius 1 is 1.29 bits per heavy atom. The van der Waals surface area contributed by atoms with E-state index in [0.29, 0.717) is 0 Å². The first-order chi connectivity index (χ1) is 6.59. The number of aryl methyl sites for hydroxylation is 2. The number of rotatable bonds is 2. The highest BCUT2D eigenvalue weighted by atomic mass is 79.9. The molecule has 1 aromatic carbocycles. The first-order valence-corrected chi connectivity index (χ1v) is 5.76. The summed E-state index contributed by atoms with van der Waals surface area (Å²) in [7, 11) is 0. The zero-order chi connectivity index (χ0) is 10.3. The van der Waals surface area contributed by atoms with Crippen molar-refractivity contribution in [3.63, 3.8) is 0 Å². The highest BCUT2D eigenvalue weighted by Crippen LogP contribution is 2.48. The summed E-state index contributed by atoms with van der Waals surface area (Å²) in [6, 6.07) is 4.39. The molecule has 14 heavy (non-hydrogen) atoms. The largest absolute Gasteiger partial charge is 0.395 e. The molecule has 76 valence electrons. The SMILES string of the molecule is Cc1cc(C2(CO)CC2)cc(C)c1Br. The average Bonchev–Trinajstić information content (AvgIpc) is 2.94. The Morgan fingerprint density at radius 2 is 1.79 bits per heavy atom. The molecule has 1 aliphatic rings. The fourth-order valence-electron chi connectivity index (χ4n) is 1.94. The number of hydrogen-bond donors (Lipinski definition) is 1. The highest BCUT2D eigenvalue weighted by Gasteiger charge is 2.43. The van der Waals surface area contributed by atoms with E-state index in [-0.39, 0.29) is 12.0 Å². The van der Waals surface area contributed by atoms with Crippen molar-refractivity contribution in [3.8, 4) is 0 Å². The molecule has 0 radical (unpaired) electrons. The maximum absolute atomic E-state index is 9.35. The van der Waals surface area contributed by atoms with Gasteiger partial charge in [-0.2, -0.15) is 0 Å². The molecule has 1 nitrogen and oxygen atoms in total. The third kappa shape index (κ3) is 1.51. The van der Waals surface area contributed by atoms with Gasteiger partial charge in [0.25, 0.3) is 0 Å². The van der Waals surface area contributed by atoms with Gasteiger partial charge in [0.05, 0.1) is 6.61 Å². The van der Waals surface area contributed by atoms with Crippen LogP contribution in [0.25, 0.3) is 0 Å². The molecule has 1 saturated carbocycles. The molecule has 0 aromatic heterocycles. The molecule has 0 bridgehead atoms. The van der Waals surface area contributed by atoms with Crippen molar-refractivity contribution < 1.29 is 5.11 Å². The van der Waals surface area contributed by atoms with Crippen LogP contribution < -0.4 is 0 Å². The van der Waals surface area contributed by atoms with Gasteiger partial charge in [-0.25, -0.2) is 0 Å². The van der Waals surface area contributed by atoms with Crippen molar-refractivity contribution in [1.82, 2.24) is 0 Å². The molecule has 2 rings (SSSR count). The Kier molecular flexibility index (Phi) is 2.44. The van der Waals surface area contributed by atoms with Gasteiger partial charge >= 0.3 is 0 Å². The van der Waals surface area contributed by atoms with Crippen LogP contribution in [0.1, 0.15) is 29.5 Å². The Morgan fingerprint density at radius 3 is 2.14 bits per heavy atom. The molecule has 1 aromatic rings. The summed E-state index contributed by atoms with van der Waals surface area (Å²) < 4.78 is 1.19. The van der Waals surface area contributed by atoms with Gasteiger partial charge in [-0.05, 0) is 43.4 Å². The molecule has 1 fully saturated rings. The molecular formula is C12H15BrO. The quantitative estimate of drug-likeness (QED) is 0.860. The first kappa shape index (κ1) is 10.2. The van der Waals surface area contributed by atoms with Crippen molar-refractivity contribution in [3.05, 3.63) is 33.3 Å². The minimum Gasteiger partial charge on any atom is -0.395 e. The molecule has 0 saturated heterocycles. The van der Waals surface area contributed by atoms with E-state index in [9.17, 15) is 5.11 Å². The number of aliphatic hydroxyl groups excluding tert-OH is 1. The molecule has 0 amide bonds. The van der Waals surface area contributed by atoms with Crippen LogP contribution in [0.15, 0.2) is 16.6 Å². The fraction of sp³-hybridized carbons (Fsp3) is 0.500. The van der Waals surface area contributed by atoms with Gasteiger partial charge in [-0.3, -0.25) is 0 Å². The van der Waals surface area contributed by atoms with Gasteiger partial charge in [0.15, 0.2) is 0 Å². The predicted molar refractivity (Wildman–Crippen MR) is 61.6 cm³/mol. The molecule has 0 spiro atoms. The van der Waals surface area contributed by atoms with E-state index in [1.807, 2.05) is 0 Å². The van der Waals surface area contributed by atoms with Crippen LogP contribution >= 0.6 is 15.9 Å². The number of halogens is 1. The van der Waals surface area contributed by atoms with Crippen molar-refractivity contribution in [1.29, 1.82) is 0 Å². The lowest BCUT2D eigenvalue weighted by Crippen LogP contribution is -2.12. The van der Waals surface area contributed by atoms with E-state index in [1.54, 1.807) is 0 Å². The molecule has 0 aliphatic heterocycles. The first-order valence-electron chi connectivity index (χ1n) is 4.97. The monoisotopic (exact) mass is 254 g/mol. The fourth-order valence-corrected chi connectivity index (χ4v) is 2.17. The lowest BCUT2D eigenvalue weighted by atomic mass is 9.94. The van der Waals surface area contributed by atoms with Crippen LogP contribution in [0.3, 0.4) is 0 Å². The van der Waals surface area contributed by atoms with E-state index in [0.717, 1.165) is 12.8 Å². The van der Waals surface area contributed by atoms with E-state index >= 15 is 0 Å². The zero-order valence-electron chi connectivity index (χ0n) is 8.60. The summed E-state index contributed by atoms with van der Waals surface area (Å²) in [6.45, 7) is 4.50. The van der Waals surface area contributed by atoms with Crippen molar-refractivity contribution in [2.45, 2.75) is 32.1 Å². The molecule has 0 atom stereocenters. The van der Waals surface area contributed by atoms with Crippen LogP contribution in [0.2, 0.25) is 0 Å². The Bertz CT molecular complexity index is 344. The highest BCUT2D eigenvalue weighted by molar-refractivity contribution is 9.10. The standard InChI is InChI=1S/C12H15BrO/c1-8-5-10(6-9(2)11(8)13)12(7-14)3-4-12/h5-6,14H,3-4,7H2,1-2H3. The predicted octanol–water partition coefficient (Wildman–Crippen LogP) is 3.09. The molecule has 1 N–H and O–H groups in total. The van der Waals surface area contributed by atoms with E-state index in [1.165, 1.54) is 21.2 Å². The lowest BCUT2D eigenvalue weighted by molar-refractivity contribution is 0.255. The second kappa shape index (κ2) is 3.35. The van der Waals surface area contributed by atoms with Crippen LogP contribution in [0.4, 0.5) is 0 Å². The number of aliphatic hydroxyl groups is 1. The van der Waals surface area contributed by atoms with Crippen LogP contribution in [0.5, 0.6) is 0 Å². The average molecular weight is 255 g/mol.